The van der Waals surface area contributed by atoms with E-state index in [1.54, 1.807) is 22.9 Å². The Balaban J connectivity index is 1.16. The van der Waals surface area contributed by atoms with Crippen LogP contribution in [0.15, 0.2) is 34.3 Å². The molecule has 2 aliphatic heterocycles. The number of hydrogen-bond donors (Lipinski definition) is 2. The highest BCUT2D eigenvalue weighted by Crippen LogP contribution is 2.40. The van der Waals surface area contributed by atoms with Crippen molar-refractivity contribution in [1.29, 1.82) is 0 Å². The van der Waals surface area contributed by atoms with Gasteiger partial charge in [0.1, 0.15) is 30.0 Å². The molecule has 4 heterocycles. The predicted octanol–water partition coefficient (Wildman–Crippen LogP) is 4.60. The van der Waals surface area contributed by atoms with E-state index < -0.39 is 23.8 Å². The lowest BCUT2D eigenvalue weighted by Gasteiger charge is -2.29. The Hall–Kier alpha value is -3.97. The largest absolute Gasteiger partial charge is 0.487 e. The van der Waals surface area contributed by atoms with Crippen LogP contribution in [0, 0.1) is 5.92 Å². The molecule has 2 aromatic heterocycles. The highest BCUT2D eigenvalue weighted by molar-refractivity contribution is 7.13. The number of ether oxygens (including phenoxy) is 3. The summed E-state index contributed by atoms with van der Waals surface area (Å²) in [6.45, 7) is 10.1. The molecule has 1 saturated heterocycles. The summed E-state index contributed by atoms with van der Waals surface area (Å²) in [6.07, 6.45) is 0.379. The minimum atomic E-state index is -0.776. The van der Waals surface area contributed by atoms with E-state index in [-0.39, 0.29) is 49.0 Å². The summed E-state index contributed by atoms with van der Waals surface area (Å²) in [7, 11) is 0. The van der Waals surface area contributed by atoms with Crippen molar-refractivity contribution < 1.29 is 38.2 Å². The molecule has 3 atom stereocenters. The zero-order valence-electron chi connectivity index (χ0n) is 26.9. The lowest BCUT2D eigenvalue weighted by molar-refractivity contribution is -0.155. The second-order valence-corrected chi connectivity index (χ2v) is 13.9. The molecular weight excluding hydrogens is 612 g/mol. The molecule has 3 aromatic rings. The van der Waals surface area contributed by atoms with Gasteiger partial charge in [-0.15, -0.1) is 11.3 Å². The number of β-amino-alcohol motifs (C(OH)–C–C–N with tert-alkyl or cyclic N) is 1. The molecule has 46 heavy (non-hydrogen) atoms. The molecule has 0 unspecified atom stereocenters. The van der Waals surface area contributed by atoms with Crippen LogP contribution in [0.5, 0.6) is 11.6 Å². The number of fused-ring (bicyclic) bond motifs is 3. The molecule has 5 rings (SSSR count). The summed E-state index contributed by atoms with van der Waals surface area (Å²) in [5, 5.41) is 17.4. The van der Waals surface area contributed by atoms with Gasteiger partial charge in [0.25, 0.3) is 5.88 Å². The lowest BCUT2D eigenvalue weighted by Crippen LogP contribution is -2.49. The molecule has 0 radical (unpaired) electrons. The van der Waals surface area contributed by atoms with Crippen LogP contribution in [-0.4, -0.2) is 69.0 Å². The Labute approximate surface area is 272 Å². The van der Waals surface area contributed by atoms with Gasteiger partial charge in [0.05, 0.1) is 35.2 Å². The fourth-order valence-electron chi connectivity index (χ4n) is 5.68. The summed E-state index contributed by atoms with van der Waals surface area (Å²) < 4.78 is 22.4. The van der Waals surface area contributed by atoms with E-state index in [1.807, 2.05) is 52.8 Å². The van der Waals surface area contributed by atoms with Crippen LogP contribution in [0.1, 0.15) is 83.2 Å². The molecule has 0 bridgehead atoms. The van der Waals surface area contributed by atoms with Crippen LogP contribution in [0.4, 0.5) is 0 Å². The highest BCUT2D eigenvalue weighted by Gasteiger charge is 2.41. The van der Waals surface area contributed by atoms with Gasteiger partial charge in [-0.1, -0.05) is 19.9 Å². The molecule has 13 heteroatoms. The number of aromatic nitrogens is 2. The second-order valence-electron chi connectivity index (χ2n) is 13.1. The van der Waals surface area contributed by atoms with E-state index in [0.29, 0.717) is 44.0 Å². The van der Waals surface area contributed by atoms with E-state index in [2.05, 4.69) is 15.5 Å². The number of likely N-dealkylation sites (tertiary alicyclic amines) is 1. The van der Waals surface area contributed by atoms with E-state index in [9.17, 15) is 19.5 Å². The van der Waals surface area contributed by atoms with Crippen LogP contribution < -0.4 is 14.8 Å². The molecule has 0 aliphatic carbocycles. The van der Waals surface area contributed by atoms with Gasteiger partial charge in [0.2, 0.25) is 11.8 Å². The molecule has 1 aromatic carbocycles. The van der Waals surface area contributed by atoms with Crippen molar-refractivity contribution in [2.45, 2.75) is 97.1 Å². The summed E-state index contributed by atoms with van der Waals surface area (Å²) in [5.74, 6) is -0.354. The summed E-state index contributed by atoms with van der Waals surface area (Å²) in [5.41, 5.74) is 3.93. The fourth-order valence-corrected chi connectivity index (χ4v) is 6.51. The molecular formula is C33H42N4O8S. The third-order valence-corrected chi connectivity index (χ3v) is 8.64. The number of benzene rings is 1. The zero-order valence-corrected chi connectivity index (χ0v) is 27.7. The lowest BCUT2D eigenvalue weighted by atomic mass is 9.91. The van der Waals surface area contributed by atoms with E-state index >= 15 is 0 Å². The Kier molecular flexibility index (Phi) is 10.3. The van der Waals surface area contributed by atoms with Crippen molar-refractivity contribution in [3.8, 4) is 22.1 Å². The predicted molar refractivity (Wildman–Crippen MR) is 169 cm³/mol. The SMILES string of the molecule is CC(C)[C@H](C(=O)N1C[C@H](O)C[C@H]1NC(=O)Cc1ccc2c(c1)OCc1ncsc1-2)c1cc(OCCCCC(=O)OC(C)(C)C)no1. The number of nitrogens with zero attached hydrogens (tertiary/aromatic N) is 3. The number of hydrogen-bond acceptors (Lipinski definition) is 11. The number of amides is 2. The summed E-state index contributed by atoms with van der Waals surface area (Å²) >= 11 is 1.56. The molecule has 248 valence electrons. The quantitative estimate of drug-likeness (QED) is 0.209. The number of esters is 1. The smallest absolute Gasteiger partial charge is 0.306 e. The summed E-state index contributed by atoms with van der Waals surface area (Å²) in [6, 6.07) is 7.30. The Morgan fingerprint density at radius 2 is 2.00 bits per heavy atom. The number of carbonyl (C=O) groups excluding carboxylic acids is 3. The molecule has 1 fully saturated rings. The third kappa shape index (κ3) is 8.24. The minimum absolute atomic E-state index is 0.0893. The number of aliphatic hydroxyl groups excluding tert-OH is 1. The van der Waals surface area contributed by atoms with Crippen molar-refractivity contribution in [3.05, 3.63) is 46.8 Å². The van der Waals surface area contributed by atoms with Crippen molar-refractivity contribution in [1.82, 2.24) is 20.4 Å². The van der Waals surface area contributed by atoms with Crippen molar-refractivity contribution in [2.24, 2.45) is 5.92 Å². The number of rotatable bonds is 12. The zero-order chi connectivity index (χ0) is 33.0. The molecule has 0 spiro atoms. The molecule has 12 nitrogen and oxygen atoms in total. The van der Waals surface area contributed by atoms with Crippen LogP contribution in [0.25, 0.3) is 10.4 Å². The Morgan fingerprint density at radius 1 is 1.20 bits per heavy atom. The monoisotopic (exact) mass is 654 g/mol. The van der Waals surface area contributed by atoms with E-state index in [0.717, 1.165) is 21.7 Å². The van der Waals surface area contributed by atoms with Crippen molar-refractivity contribution in [2.75, 3.05) is 13.2 Å². The van der Waals surface area contributed by atoms with E-state index in [4.69, 9.17) is 18.7 Å². The third-order valence-electron chi connectivity index (χ3n) is 7.74. The van der Waals surface area contributed by atoms with Gasteiger partial charge >= 0.3 is 5.97 Å². The summed E-state index contributed by atoms with van der Waals surface area (Å²) in [4.78, 5) is 45.8. The van der Waals surface area contributed by atoms with Crippen LogP contribution in [0.2, 0.25) is 0 Å². The minimum Gasteiger partial charge on any atom is -0.487 e. The Bertz CT molecular complexity index is 1540. The standard InChI is InChI=1S/C33H42N4O8S/c1-19(2)30(25-15-28(36-45-25)42-11-7-6-8-29(40)44-33(3,4)5)32(41)37-16-21(38)14-26(37)35-27(39)13-20-9-10-22-24(12-20)43-17-23-31(22)46-18-34-23/h9-10,12,15,18-19,21,26,30,38H,6-8,11,13-14,16-17H2,1-5H3,(H,35,39)/t21-,26+,30+/m1/s1. The van der Waals surface area contributed by atoms with Crippen molar-refractivity contribution >= 4 is 29.1 Å². The molecule has 2 amide bonds. The Morgan fingerprint density at radius 3 is 2.76 bits per heavy atom. The number of aliphatic hydroxyl groups is 1. The van der Waals surface area contributed by atoms with Gasteiger partial charge in [-0.2, -0.15) is 0 Å². The first-order chi connectivity index (χ1) is 21.9. The van der Waals surface area contributed by atoms with Gasteiger partial charge in [-0.05, 0) is 62.4 Å². The first kappa shape index (κ1) is 33.4. The van der Waals surface area contributed by atoms with Crippen LogP contribution in [0.3, 0.4) is 0 Å². The topological polar surface area (TPSA) is 153 Å². The maximum Gasteiger partial charge on any atom is 0.306 e. The number of nitrogens with one attached hydrogen (secondary N) is 1. The first-order valence-electron chi connectivity index (χ1n) is 15.7. The van der Waals surface area contributed by atoms with Gasteiger partial charge in [-0.25, -0.2) is 4.98 Å². The number of carbonyl (C=O) groups is 3. The maximum atomic E-state index is 13.9. The molecule has 2 N–H and O–H groups in total. The van der Waals surface area contributed by atoms with Gasteiger partial charge in [0, 0.05) is 31.0 Å². The number of unbranched alkanes of at least 4 members (excludes halogenated alkanes) is 1. The highest BCUT2D eigenvalue weighted by atomic mass is 32.1. The normalized spacial score (nSPS) is 18.0. The average Bonchev–Trinajstić information content (AvgIpc) is 3.72. The van der Waals surface area contributed by atoms with Crippen LogP contribution in [-0.2, 0) is 32.1 Å². The van der Waals surface area contributed by atoms with Gasteiger partial charge < -0.3 is 34.1 Å². The maximum absolute atomic E-state index is 13.9. The van der Waals surface area contributed by atoms with Gasteiger partial charge in [0.15, 0.2) is 5.76 Å². The van der Waals surface area contributed by atoms with E-state index in [1.165, 1.54) is 4.90 Å². The van der Waals surface area contributed by atoms with Crippen LogP contribution >= 0.6 is 11.3 Å². The van der Waals surface area contributed by atoms with Gasteiger partial charge in [-0.3, -0.25) is 14.4 Å². The fraction of sp³-hybridized carbons (Fsp3) is 0.545. The average molecular weight is 655 g/mol. The molecule has 2 aliphatic rings. The molecule has 0 saturated carbocycles. The first-order valence-corrected chi connectivity index (χ1v) is 16.5. The second kappa shape index (κ2) is 14.2. The number of thiazole rings is 1. The van der Waals surface area contributed by atoms with Crippen molar-refractivity contribution in [3.63, 3.8) is 0 Å².